The molecular weight excluding hydrogens is 541 g/mol. The lowest BCUT2D eigenvalue weighted by atomic mass is 10.00. The lowest BCUT2D eigenvalue weighted by Crippen LogP contribution is -2.28. The Balaban J connectivity index is 1.52. The Morgan fingerprint density at radius 2 is 1.95 bits per heavy atom. The highest BCUT2D eigenvalue weighted by Gasteiger charge is 2.15. The molecule has 6 N–H and O–H groups in total. The van der Waals surface area contributed by atoms with Crippen LogP contribution in [0.15, 0.2) is 71.1 Å². The molecule has 0 aliphatic carbocycles. The third-order valence-corrected chi connectivity index (χ3v) is 7.21. The van der Waals surface area contributed by atoms with Crippen LogP contribution in [0.3, 0.4) is 0 Å². The number of nitrogens with two attached hydrogens (primary N) is 2. The summed E-state index contributed by atoms with van der Waals surface area (Å²) in [6, 6.07) is 13.0. The summed E-state index contributed by atoms with van der Waals surface area (Å²) < 4.78 is 16.5. The van der Waals surface area contributed by atoms with E-state index in [9.17, 15) is 4.79 Å². The molecule has 0 saturated heterocycles. The molecule has 4 aromatic rings. The molecule has 10 heteroatoms. The summed E-state index contributed by atoms with van der Waals surface area (Å²) in [5.74, 6) is 0.171. The second-order valence-electron chi connectivity index (χ2n) is 10.6. The van der Waals surface area contributed by atoms with Crippen molar-refractivity contribution >= 4 is 28.6 Å². The highest BCUT2D eigenvalue weighted by Crippen LogP contribution is 2.31. The molecule has 2 aromatic heterocycles. The minimum absolute atomic E-state index is 0.0511. The second kappa shape index (κ2) is 13.6. The quantitative estimate of drug-likeness (QED) is 0.0953. The summed E-state index contributed by atoms with van der Waals surface area (Å²) >= 11 is 6.25. The number of aromatic nitrogens is 3. The van der Waals surface area contributed by atoms with Crippen LogP contribution in [0, 0.1) is 11.7 Å². The Hall–Kier alpha value is -3.95. The van der Waals surface area contributed by atoms with Crippen molar-refractivity contribution in [3.8, 4) is 16.9 Å². The van der Waals surface area contributed by atoms with E-state index < -0.39 is 11.5 Å². The molecule has 8 nitrogen and oxygen atoms in total. The Morgan fingerprint density at radius 1 is 1.20 bits per heavy atom. The molecule has 0 unspecified atom stereocenters. The maximum Gasteiger partial charge on any atom is 0.354 e. The van der Waals surface area contributed by atoms with Crippen molar-refractivity contribution in [3.63, 3.8) is 0 Å². The summed E-state index contributed by atoms with van der Waals surface area (Å²) in [5.41, 5.74) is 14.3. The summed E-state index contributed by atoms with van der Waals surface area (Å²) in [5, 5.41) is 4.17. The van der Waals surface area contributed by atoms with Gasteiger partial charge in [-0.3, -0.25) is 9.56 Å². The Kier molecular flexibility index (Phi) is 9.96. The Labute approximate surface area is 244 Å². The Morgan fingerprint density at radius 3 is 2.63 bits per heavy atom. The summed E-state index contributed by atoms with van der Waals surface area (Å²) in [7, 11) is 0. The van der Waals surface area contributed by atoms with Gasteiger partial charge in [0.15, 0.2) is 11.8 Å². The van der Waals surface area contributed by atoms with Crippen LogP contribution < -0.4 is 22.5 Å². The predicted octanol–water partition coefficient (Wildman–Crippen LogP) is 5.46. The number of nitrogens with one attached hydrogen (secondary N) is 2. The molecule has 41 heavy (non-hydrogen) atoms. The zero-order valence-electron chi connectivity index (χ0n) is 23.5. The SMILES string of the molecule is C=C[C@@H](CCN=C(N)N)NCc1ccc(-n2cc3cc(-c4cc(CCCC(C)C)cc(Cl)c4F)[nH]c3nc2=O)cc1. The number of rotatable bonds is 13. The minimum Gasteiger partial charge on any atom is -0.370 e. The van der Waals surface area contributed by atoms with Gasteiger partial charge in [0, 0.05) is 36.3 Å². The second-order valence-corrected chi connectivity index (χ2v) is 11.0. The van der Waals surface area contributed by atoms with Crippen LogP contribution in [0.25, 0.3) is 28.0 Å². The fourth-order valence-corrected chi connectivity index (χ4v) is 4.93. The zero-order valence-corrected chi connectivity index (χ0v) is 24.2. The van der Waals surface area contributed by atoms with Gasteiger partial charge in [-0.25, -0.2) is 9.18 Å². The van der Waals surface area contributed by atoms with Gasteiger partial charge in [-0.05, 0) is 66.6 Å². The van der Waals surface area contributed by atoms with Gasteiger partial charge < -0.3 is 21.8 Å². The third-order valence-electron chi connectivity index (χ3n) is 6.94. The molecule has 0 aliphatic rings. The maximum atomic E-state index is 15.1. The number of aliphatic imine (C=N–C) groups is 1. The molecule has 0 saturated carbocycles. The van der Waals surface area contributed by atoms with Crippen molar-refractivity contribution in [1.29, 1.82) is 0 Å². The molecule has 2 heterocycles. The van der Waals surface area contributed by atoms with Gasteiger partial charge in [-0.15, -0.1) is 6.58 Å². The number of H-pyrrole nitrogens is 1. The molecule has 0 amide bonds. The number of fused-ring (bicyclic) bond motifs is 1. The van der Waals surface area contributed by atoms with Crippen LogP contribution in [-0.4, -0.2) is 33.1 Å². The number of nitrogens with zero attached hydrogens (tertiary/aromatic N) is 3. The summed E-state index contributed by atoms with van der Waals surface area (Å²) in [6.45, 7) is 9.34. The average molecular weight is 578 g/mol. The van der Waals surface area contributed by atoms with Crippen molar-refractivity contribution in [2.45, 2.75) is 52.1 Å². The van der Waals surface area contributed by atoms with Gasteiger partial charge in [-0.1, -0.05) is 50.1 Å². The normalized spacial score (nSPS) is 12.1. The first-order valence-electron chi connectivity index (χ1n) is 13.8. The van der Waals surface area contributed by atoms with Gasteiger partial charge in [0.05, 0.1) is 16.4 Å². The largest absolute Gasteiger partial charge is 0.370 e. The fraction of sp³-hybridized carbons (Fsp3) is 0.323. The first kappa shape index (κ1) is 30.0. The van der Waals surface area contributed by atoms with E-state index in [1.807, 2.05) is 36.4 Å². The molecule has 1 atom stereocenters. The fourth-order valence-electron chi connectivity index (χ4n) is 4.68. The molecule has 216 valence electrons. The minimum atomic E-state index is -0.500. The van der Waals surface area contributed by atoms with Crippen molar-refractivity contribution in [1.82, 2.24) is 19.9 Å². The number of benzene rings is 2. The number of guanidine groups is 1. The lowest BCUT2D eigenvalue weighted by Gasteiger charge is -2.14. The van der Waals surface area contributed by atoms with Crippen LogP contribution in [0.1, 0.15) is 44.2 Å². The van der Waals surface area contributed by atoms with Gasteiger partial charge in [0.1, 0.15) is 5.65 Å². The van der Waals surface area contributed by atoms with Crippen LogP contribution in [0.4, 0.5) is 4.39 Å². The van der Waals surface area contributed by atoms with E-state index in [0.29, 0.717) is 47.0 Å². The van der Waals surface area contributed by atoms with E-state index >= 15 is 4.39 Å². The van der Waals surface area contributed by atoms with Crippen molar-refractivity contribution in [2.24, 2.45) is 22.4 Å². The topological polar surface area (TPSA) is 127 Å². The van der Waals surface area contributed by atoms with Crippen molar-refractivity contribution < 1.29 is 4.39 Å². The number of halogens is 2. The van der Waals surface area contributed by atoms with E-state index in [4.69, 9.17) is 23.1 Å². The van der Waals surface area contributed by atoms with E-state index in [1.165, 1.54) is 4.57 Å². The predicted molar refractivity (Wildman–Crippen MR) is 166 cm³/mol. The molecule has 4 rings (SSSR count). The smallest absolute Gasteiger partial charge is 0.354 e. The molecule has 0 radical (unpaired) electrons. The van der Waals surface area contributed by atoms with Gasteiger partial charge in [-0.2, -0.15) is 4.98 Å². The van der Waals surface area contributed by atoms with Gasteiger partial charge in [0.2, 0.25) is 0 Å². The van der Waals surface area contributed by atoms with Crippen LogP contribution in [0.5, 0.6) is 0 Å². The standard InChI is InChI=1S/C31H37ClFN7O/c1-4-23(12-13-36-30(34)35)37-17-20-8-10-24(11-9-20)40-18-22-16-27(38-29(22)39-31(40)41)25-14-21(7-5-6-19(2)3)15-26(32)28(25)33/h4,8-11,14-16,18-19,23,37H,1,5-7,12-13,17H2,2-3H3,(H4,34,35,36)(H,38,39,41)/t23-/m0/s1. The Bertz CT molecular complexity index is 1590. The molecule has 0 fully saturated rings. The highest BCUT2D eigenvalue weighted by atomic mass is 35.5. The number of hydrogen-bond acceptors (Lipinski definition) is 4. The van der Waals surface area contributed by atoms with Crippen molar-refractivity contribution in [3.05, 3.63) is 93.8 Å². The van der Waals surface area contributed by atoms with E-state index in [1.54, 1.807) is 18.3 Å². The third kappa shape index (κ3) is 7.83. The van der Waals surface area contributed by atoms with E-state index in [0.717, 1.165) is 36.8 Å². The van der Waals surface area contributed by atoms with E-state index in [2.05, 4.69) is 40.7 Å². The summed E-state index contributed by atoms with van der Waals surface area (Å²) in [4.78, 5) is 24.2. The maximum absolute atomic E-state index is 15.1. The van der Waals surface area contributed by atoms with Crippen LogP contribution in [0.2, 0.25) is 5.02 Å². The monoisotopic (exact) mass is 577 g/mol. The number of aryl methyl sites for hydroxylation is 1. The summed E-state index contributed by atoms with van der Waals surface area (Å²) in [6.07, 6.45) is 7.15. The van der Waals surface area contributed by atoms with Crippen LogP contribution >= 0.6 is 11.6 Å². The molecule has 0 bridgehead atoms. The first-order chi connectivity index (χ1) is 19.6. The molecule has 0 spiro atoms. The van der Waals surface area contributed by atoms with Crippen molar-refractivity contribution in [2.75, 3.05) is 6.54 Å². The number of hydrogen-bond donors (Lipinski definition) is 4. The molecule has 0 aliphatic heterocycles. The average Bonchev–Trinajstić information content (AvgIpc) is 3.34. The number of aromatic amines is 1. The van der Waals surface area contributed by atoms with Crippen LogP contribution in [-0.2, 0) is 13.0 Å². The lowest BCUT2D eigenvalue weighted by molar-refractivity contribution is 0.555. The zero-order chi connectivity index (χ0) is 29.5. The highest BCUT2D eigenvalue weighted by molar-refractivity contribution is 6.31. The van der Waals surface area contributed by atoms with Gasteiger partial charge >= 0.3 is 5.69 Å². The molecule has 2 aromatic carbocycles. The van der Waals surface area contributed by atoms with E-state index in [-0.39, 0.29) is 17.0 Å². The first-order valence-corrected chi connectivity index (χ1v) is 14.1. The molecular formula is C31H37ClFN7O. The van der Waals surface area contributed by atoms with Gasteiger partial charge in [0.25, 0.3) is 0 Å².